The summed E-state index contributed by atoms with van der Waals surface area (Å²) < 4.78 is 0. The number of Topliss-reactive ketones (excluding diaryl/α,β-unsaturated/α-hetero) is 4. The van der Waals surface area contributed by atoms with Gasteiger partial charge in [-0.3, -0.25) is 28.8 Å². The molecule has 2 aliphatic rings. The zero-order chi connectivity index (χ0) is 23.7. The van der Waals surface area contributed by atoms with Crippen molar-refractivity contribution in [2.75, 3.05) is 13.1 Å². The molecule has 0 aromatic heterocycles. The number of amides is 1. The second-order valence-electron chi connectivity index (χ2n) is 7.61. The molecule has 168 valence electrons. The number of carbonyl (C=O) groups excluding carboxylic acids is 6. The maximum Gasteiger partial charge on any atom is 0.224 e. The molecule has 1 saturated carbocycles. The van der Waals surface area contributed by atoms with E-state index in [0.29, 0.717) is 31.3 Å². The van der Waals surface area contributed by atoms with Gasteiger partial charge in [-0.05, 0) is 18.4 Å². The van der Waals surface area contributed by atoms with Gasteiger partial charge in [0.05, 0.1) is 30.8 Å². The lowest BCUT2D eigenvalue weighted by atomic mass is 9.85. The average Bonchev–Trinajstić information content (AvgIpc) is 2.76. The number of rotatable bonds is 11. The average molecular weight is 438 g/mol. The van der Waals surface area contributed by atoms with Crippen molar-refractivity contribution in [1.82, 2.24) is 10.6 Å². The Kier molecular flexibility index (Phi) is 8.95. The first-order chi connectivity index (χ1) is 15.2. The molecule has 0 heterocycles. The number of carbonyl (C=O) groups is 6. The van der Waals surface area contributed by atoms with Crippen LogP contribution in [0.4, 0.5) is 0 Å². The molecule has 2 aliphatic carbocycles. The molecule has 1 amide bonds. The predicted octanol–water partition coefficient (Wildman–Crippen LogP) is 1.24. The maximum atomic E-state index is 12.6. The van der Waals surface area contributed by atoms with E-state index in [4.69, 9.17) is 0 Å². The van der Waals surface area contributed by atoms with E-state index in [9.17, 15) is 28.8 Å². The highest BCUT2D eigenvalue weighted by Crippen LogP contribution is 2.22. The third kappa shape index (κ3) is 7.23. The highest BCUT2D eigenvalue weighted by molar-refractivity contribution is 6.32. The van der Waals surface area contributed by atoms with E-state index in [2.05, 4.69) is 23.8 Å². The molecule has 0 unspecified atom stereocenters. The van der Waals surface area contributed by atoms with Crippen molar-refractivity contribution in [2.24, 2.45) is 5.92 Å². The van der Waals surface area contributed by atoms with E-state index in [1.54, 1.807) is 12.2 Å². The number of nitrogens with one attached hydrogen (secondary N) is 2. The standard InChI is InChI=1S/C24H26N2O6/c1-3-4-5-15(2)10-23(31)26-14-22(30)19-11-18(28)12-20(24(19)32)25-13-21(29)16-6-8-17(27)9-7-16/h3-5,11-12,16,25H,1-2,6-10,13-14H2,(H,26,31)/b5-4-. The lowest BCUT2D eigenvalue weighted by Gasteiger charge is -2.21. The van der Waals surface area contributed by atoms with E-state index in [-0.39, 0.29) is 41.7 Å². The van der Waals surface area contributed by atoms with Gasteiger partial charge in [-0.15, -0.1) is 0 Å². The molecule has 0 saturated heterocycles. The molecule has 8 heteroatoms. The Morgan fingerprint density at radius 3 is 2.41 bits per heavy atom. The molecule has 2 rings (SSSR count). The predicted molar refractivity (Wildman–Crippen MR) is 117 cm³/mol. The van der Waals surface area contributed by atoms with Crippen molar-refractivity contribution in [3.8, 4) is 0 Å². The van der Waals surface area contributed by atoms with Crippen LogP contribution in [0.25, 0.3) is 0 Å². The molecule has 2 N–H and O–H groups in total. The van der Waals surface area contributed by atoms with Crippen molar-refractivity contribution in [2.45, 2.75) is 32.1 Å². The van der Waals surface area contributed by atoms with E-state index in [0.717, 1.165) is 12.2 Å². The first-order valence-electron chi connectivity index (χ1n) is 10.3. The molecule has 0 radical (unpaired) electrons. The number of ketones is 5. The Bertz CT molecular complexity index is 957. The Balaban J connectivity index is 1.88. The fraction of sp³-hybridized carbons (Fsp3) is 0.333. The van der Waals surface area contributed by atoms with Crippen LogP contribution in [0.1, 0.15) is 32.1 Å². The number of hydrogen-bond donors (Lipinski definition) is 2. The molecule has 32 heavy (non-hydrogen) atoms. The van der Waals surface area contributed by atoms with Crippen LogP contribution < -0.4 is 10.6 Å². The molecular weight excluding hydrogens is 412 g/mol. The minimum absolute atomic E-state index is 0.0366. The smallest absolute Gasteiger partial charge is 0.224 e. The lowest BCUT2D eigenvalue weighted by molar-refractivity contribution is -0.126. The highest BCUT2D eigenvalue weighted by atomic mass is 16.2. The van der Waals surface area contributed by atoms with E-state index >= 15 is 0 Å². The van der Waals surface area contributed by atoms with E-state index in [1.165, 1.54) is 6.08 Å². The van der Waals surface area contributed by atoms with Gasteiger partial charge in [0.2, 0.25) is 11.7 Å². The van der Waals surface area contributed by atoms with E-state index < -0.39 is 29.8 Å². The molecule has 0 aromatic rings. The summed E-state index contributed by atoms with van der Waals surface area (Å²) in [6, 6.07) is 0. The van der Waals surface area contributed by atoms with Gasteiger partial charge < -0.3 is 10.6 Å². The largest absolute Gasteiger partial charge is 0.375 e. The van der Waals surface area contributed by atoms with Gasteiger partial charge in [-0.1, -0.05) is 31.4 Å². The fourth-order valence-electron chi connectivity index (χ4n) is 3.34. The minimum atomic E-state index is -0.714. The van der Waals surface area contributed by atoms with Crippen LogP contribution in [0.5, 0.6) is 0 Å². The summed E-state index contributed by atoms with van der Waals surface area (Å²) in [5, 5.41) is 5.05. The molecule has 0 spiro atoms. The monoisotopic (exact) mass is 438 g/mol. The van der Waals surface area contributed by atoms with Gasteiger partial charge >= 0.3 is 0 Å². The number of hydrogen-bond acceptors (Lipinski definition) is 7. The summed E-state index contributed by atoms with van der Waals surface area (Å²) in [7, 11) is 0. The summed E-state index contributed by atoms with van der Waals surface area (Å²) in [6.07, 6.45) is 8.36. The first-order valence-corrected chi connectivity index (χ1v) is 10.3. The SMILES string of the molecule is C=C/C=C\C(=C)CC(=O)NCC(=O)C1=CC(=O)C=C(NCC(=O)C2CCC(=O)CC2)C1=O. The Morgan fingerprint density at radius 1 is 1.06 bits per heavy atom. The molecule has 0 aliphatic heterocycles. The quantitative estimate of drug-likeness (QED) is 0.282. The topological polar surface area (TPSA) is 126 Å². The van der Waals surface area contributed by atoms with Crippen molar-refractivity contribution in [3.63, 3.8) is 0 Å². The lowest BCUT2D eigenvalue weighted by Crippen LogP contribution is -2.37. The third-order valence-corrected chi connectivity index (χ3v) is 5.12. The van der Waals surface area contributed by atoms with Gasteiger partial charge in [0.25, 0.3) is 0 Å². The molecule has 1 fully saturated rings. The van der Waals surface area contributed by atoms with Crippen LogP contribution >= 0.6 is 0 Å². The second kappa shape index (κ2) is 11.6. The van der Waals surface area contributed by atoms with Crippen LogP contribution in [-0.4, -0.2) is 47.9 Å². The maximum absolute atomic E-state index is 12.6. The zero-order valence-corrected chi connectivity index (χ0v) is 17.8. The zero-order valence-electron chi connectivity index (χ0n) is 17.8. The van der Waals surface area contributed by atoms with E-state index in [1.807, 2.05) is 0 Å². The summed E-state index contributed by atoms with van der Waals surface area (Å²) in [5.41, 5.74) is 0.0103. The van der Waals surface area contributed by atoms with Gasteiger partial charge in [0.1, 0.15) is 5.78 Å². The third-order valence-electron chi connectivity index (χ3n) is 5.12. The molecule has 0 aromatic carbocycles. The summed E-state index contributed by atoms with van der Waals surface area (Å²) >= 11 is 0. The Labute approximate surface area is 186 Å². The Morgan fingerprint density at radius 2 is 1.75 bits per heavy atom. The minimum Gasteiger partial charge on any atom is -0.375 e. The van der Waals surface area contributed by atoms with Crippen LogP contribution in [0, 0.1) is 5.92 Å². The van der Waals surface area contributed by atoms with Gasteiger partial charge in [0, 0.05) is 30.9 Å². The van der Waals surface area contributed by atoms with Crippen molar-refractivity contribution >= 4 is 34.8 Å². The van der Waals surface area contributed by atoms with Crippen molar-refractivity contribution < 1.29 is 28.8 Å². The fourth-order valence-corrected chi connectivity index (χ4v) is 3.34. The highest BCUT2D eigenvalue weighted by Gasteiger charge is 2.29. The summed E-state index contributed by atoms with van der Waals surface area (Å²) in [4.78, 5) is 72.6. The van der Waals surface area contributed by atoms with Crippen LogP contribution in [0.3, 0.4) is 0 Å². The first kappa shape index (κ1) is 24.6. The second-order valence-corrected chi connectivity index (χ2v) is 7.61. The summed E-state index contributed by atoms with van der Waals surface area (Å²) in [5.74, 6) is -2.74. The van der Waals surface area contributed by atoms with Crippen LogP contribution in [0.2, 0.25) is 0 Å². The normalized spacial score (nSPS) is 16.9. The van der Waals surface area contributed by atoms with Gasteiger partial charge in [0.15, 0.2) is 17.3 Å². The number of allylic oxidation sites excluding steroid dienone is 6. The molecule has 8 nitrogen and oxygen atoms in total. The van der Waals surface area contributed by atoms with Gasteiger partial charge in [-0.25, -0.2) is 0 Å². The van der Waals surface area contributed by atoms with Gasteiger partial charge in [-0.2, -0.15) is 0 Å². The summed E-state index contributed by atoms with van der Waals surface area (Å²) in [6.45, 7) is 6.58. The molecule has 0 bridgehead atoms. The van der Waals surface area contributed by atoms with Crippen LogP contribution in [-0.2, 0) is 28.8 Å². The van der Waals surface area contributed by atoms with Crippen molar-refractivity contribution in [3.05, 3.63) is 60.4 Å². The van der Waals surface area contributed by atoms with Crippen molar-refractivity contribution in [1.29, 1.82) is 0 Å². The Hall–Kier alpha value is -3.68. The molecular formula is C24H26N2O6. The molecule has 0 atom stereocenters. The van der Waals surface area contributed by atoms with Crippen LogP contribution in [0.15, 0.2) is 60.4 Å².